The molecule has 2 aromatic carbocycles. The minimum Gasteiger partial charge on any atom is -0.416 e. The Morgan fingerprint density at radius 2 is 0.868 bits per heavy atom. The monoisotopic (exact) mass is 832 g/mol. The SMILES string of the molecule is CC(C)[Si](CCC(F)(F)C(F)(F)C(F)(F)C(F)(F)C(F)(F)C(F)(F)C(F)(F)C(F)(F)C(F)(F)C(F)(F)F)(OCCc1ccc2ccccc2c1)C(C)C. The van der Waals surface area contributed by atoms with Crippen molar-refractivity contribution in [3.05, 3.63) is 48.0 Å². The molecule has 0 N–H and O–H groups in total. The molecular formula is C30H29F21OSi. The Labute approximate surface area is 288 Å². The molecule has 0 fully saturated rings. The van der Waals surface area contributed by atoms with Gasteiger partial charge in [0.2, 0.25) is 0 Å². The molecule has 2 rings (SSSR count). The summed E-state index contributed by atoms with van der Waals surface area (Å²) < 4.78 is 296. The van der Waals surface area contributed by atoms with Gasteiger partial charge in [0.25, 0.3) is 0 Å². The Kier molecular flexibility index (Phi) is 12.4. The van der Waals surface area contributed by atoms with Gasteiger partial charge < -0.3 is 4.43 Å². The van der Waals surface area contributed by atoms with Gasteiger partial charge >= 0.3 is 59.5 Å². The van der Waals surface area contributed by atoms with E-state index in [1.807, 2.05) is 0 Å². The highest BCUT2D eigenvalue weighted by molar-refractivity contribution is 6.76. The Morgan fingerprint density at radius 3 is 1.26 bits per heavy atom. The lowest BCUT2D eigenvalue weighted by Crippen LogP contribution is -2.76. The van der Waals surface area contributed by atoms with E-state index in [1.165, 1.54) is 27.7 Å². The first-order chi connectivity index (χ1) is 23.4. The van der Waals surface area contributed by atoms with E-state index in [2.05, 4.69) is 0 Å². The van der Waals surface area contributed by atoms with Crippen molar-refractivity contribution in [1.29, 1.82) is 0 Å². The Balaban J connectivity index is 2.48. The largest absolute Gasteiger partial charge is 0.460 e. The first kappa shape index (κ1) is 46.6. The molecule has 0 aliphatic rings. The number of fused-ring (bicyclic) bond motifs is 1. The third-order valence-corrected chi connectivity index (χ3v) is 14.6. The molecule has 53 heavy (non-hydrogen) atoms. The summed E-state index contributed by atoms with van der Waals surface area (Å²) in [5, 5.41) is 1.56. The van der Waals surface area contributed by atoms with Gasteiger partial charge in [0.05, 0.1) is 0 Å². The number of alkyl halides is 21. The third kappa shape index (κ3) is 7.17. The van der Waals surface area contributed by atoms with Gasteiger partial charge in [0.15, 0.2) is 8.32 Å². The second-order valence-electron chi connectivity index (χ2n) is 12.8. The van der Waals surface area contributed by atoms with E-state index in [4.69, 9.17) is 4.43 Å². The van der Waals surface area contributed by atoms with E-state index < -0.39 is 91.3 Å². The molecule has 306 valence electrons. The average Bonchev–Trinajstić information content (AvgIpc) is 3.00. The summed E-state index contributed by atoms with van der Waals surface area (Å²) >= 11 is 0. The average molecular weight is 833 g/mol. The van der Waals surface area contributed by atoms with Crippen LogP contribution in [0.15, 0.2) is 42.5 Å². The Morgan fingerprint density at radius 1 is 0.491 bits per heavy atom. The lowest BCUT2D eigenvalue weighted by molar-refractivity contribution is -0.474. The van der Waals surface area contributed by atoms with Crippen LogP contribution in [-0.2, 0) is 10.8 Å². The quantitative estimate of drug-likeness (QED) is 0.114. The van der Waals surface area contributed by atoms with E-state index >= 15 is 0 Å². The maximum atomic E-state index is 14.9. The minimum absolute atomic E-state index is 0.0394. The molecule has 0 saturated carbocycles. The van der Waals surface area contributed by atoms with E-state index in [9.17, 15) is 92.2 Å². The van der Waals surface area contributed by atoms with Crippen LogP contribution >= 0.6 is 0 Å². The van der Waals surface area contributed by atoms with Crippen molar-refractivity contribution in [1.82, 2.24) is 0 Å². The molecule has 0 amide bonds. The van der Waals surface area contributed by atoms with Crippen LogP contribution in [0.3, 0.4) is 0 Å². The van der Waals surface area contributed by atoms with Crippen molar-refractivity contribution in [2.24, 2.45) is 0 Å². The van der Waals surface area contributed by atoms with Crippen molar-refractivity contribution < 1.29 is 96.6 Å². The van der Waals surface area contributed by atoms with Crippen LogP contribution in [0.5, 0.6) is 0 Å². The lowest BCUT2D eigenvalue weighted by atomic mass is 9.86. The van der Waals surface area contributed by atoms with Gasteiger partial charge in [-0.15, -0.1) is 0 Å². The second-order valence-corrected chi connectivity index (χ2v) is 17.8. The van der Waals surface area contributed by atoms with Crippen LogP contribution in [0.1, 0.15) is 39.7 Å². The smallest absolute Gasteiger partial charge is 0.416 e. The fourth-order valence-corrected chi connectivity index (χ4v) is 9.99. The zero-order valence-electron chi connectivity index (χ0n) is 27.4. The highest BCUT2D eigenvalue weighted by Gasteiger charge is 2.97. The Bertz CT molecular complexity index is 1560. The van der Waals surface area contributed by atoms with Crippen molar-refractivity contribution in [3.63, 3.8) is 0 Å². The molecule has 2 aromatic rings. The topological polar surface area (TPSA) is 9.23 Å². The van der Waals surface area contributed by atoms with Crippen LogP contribution < -0.4 is 0 Å². The number of hydrogen-bond donors (Lipinski definition) is 0. The molecule has 23 heteroatoms. The number of halogens is 21. The van der Waals surface area contributed by atoms with Crippen LogP contribution in [0.25, 0.3) is 10.8 Å². The molecule has 0 aliphatic carbocycles. The summed E-state index contributed by atoms with van der Waals surface area (Å²) in [7, 11) is -3.96. The first-order valence-electron chi connectivity index (χ1n) is 15.0. The van der Waals surface area contributed by atoms with Crippen LogP contribution in [0, 0.1) is 0 Å². The molecule has 0 atom stereocenters. The summed E-state index contributed by atoms with van der Waals surface area (Å²) in [4.78, 5) is 0. The van der Waals surface area contributed by atoms with Gasteiger partial charge in [-0.25, -0.2) is 0 Å². The second kappa shape index (κ2) is 14.2. The molecule has 0 radical (unpaired) electrons. The summed E-state index contributed by atoms with van der Waals surface area (Å²) in [6.45, 7) is 4.90. The van der Waals surface area contributed by atoms with Gasteiger partial charge in [-0.05, 0) is 39.9 Å². The van der Waals surface area contributed by atoms with E-state index in [0.29, 0.717) is 5.56 Å². The zero-order valence-corrected chi connectivity index (χ0v) is 28.4. The lowest BCUT2D eigenvalue weighted by Gasteiger charge is -2.45. The molecule has 0 bridgehead atoms. The van der Waals surface area contributed by atoms with Crippen LogP contribution in [-0.4, -0.2) is 74.4 Å². The first-order valence-corrected chi connectivity index (χ1v) is 17.2. The fourth-order valence-electron chi connectivity index (χ4n) is 5.50. The molecule has 0 aromatic heterocycles. The van der Waals surface area contributed by atoms with Gasteiger partial charge in [0.1, 0.15) is 0 Å². The van der Waals surface area contributed by atoms with Crippen LogP contribution in [0.4, 0.5) is 92.2 Å². The predicted octanol–water partition coefficient (Wildman–Crippen LogP) is 12.8. The number of hydrogen-bond acceptors (Lipinski definition) is 1. The molecule has 1 nitrogen and oxygen atoms in total. The standard InChI is InChI=1S/C30H29F21OSi/c1-16(2)53(17(3)4,52-13-11-18-9-10-19-7-5-6-8-20(19)15-18)14-12-21(31,32)22(33,34)23(35,36)24(37,38)25(39,40)26(41,42)27(43,44)28(45,46)29(47,48)30(49,50)51/h5-10,15-17H,11-14H2,1-4H3. The van der Waals surface area contributed by atoms with Crippen molar-refractivity contribution in [3.8, 4) is 0 Å². The summed E-state index contributed by atoms with van der Waals surface area (Å²) in [5.74, 6) is -77.0. The van der Waals surface area contributed by atoms with Gasteiger partial charge in [-0.3, -0.25) is 0 Å². The summed E-state index contributed by atoms with van der Waals surface area (Å²) in [6.07, 6.45) is -10.6. The van der Waals surface area contributed by atoms with Crippen molar-refractivity contribution >= 4 is 19.1 Å². The zero-order chi connectivity index (χ0) is 41.9. The van der Waals surface area contributed by atoms with Crippen LogP contribution in [0.2, 0.25) is 17.1 Å². The maximum absolute atomic E-state index is 14.9. The molecule has 0 unspecified atom stereocenters. The molecule has 0 heterocycles. The summed E-state index contributed by atoms with van der Waals surface area (Å²) in [6, 6.07) is 10.6. The summed E-state index contributed by atoms with van der Waals surface area (Å²) in [5.41, 5.74) is -1.14. The van der Waals surface area contributed by atoms with Crippen molar-refractivity contribution in [2.45, 2.75) is 117 Å². The van der Waals surface area contributed by atoms with E-state index in [-0.39, 0.29) is 13.0 Å². The van der Waals surface area contributed by atoms with Gasteiger partial charge in [0, 0.05) is 13.0 Å². The molecular weight excluding hydrogens is 803 g/mol. The fraction of sp³-hybridized carbons (Fsp3) is 0.667. The Hall–Kier alpha value is -2.59. The van der Waals surface area contributed by atoms with Crippen molar-refractivity contribution in [2.75, 3.05) is 6.61 Å². The van der Waals surface area contributed by atoms with Gasteiger partial charge in [-0.1, -0.05) is 70.2 Å². The highest BCUT2D eigenvalue weighted by atomic mass is 28.4. The maximum Gasteiger partial charge on any atom is 0.460 e. The number of rotatable bonds is 17. The normalized spacial score (nSPS) is 15.6. The molecule has 0 saturated heterocycles. The van der Waals surface area contributed by atoms with Gasteiger partial charge in [-0.2, -0.15) is 92.2 Å². The number of benzene rings is 2. The molecule has 0 spiro atoms. The van der Waals surface area contributed by atoms with E-state index in [1.54, 1.807) is 42.5 Å². The highest BCUT2D eigenvalue weighted by Crippen LogP contribution is 2.66. The predicted molar refractivity (Wildman–Crippen MR) is 150 cm³/mol. The van der Waals surface area contributed by atoms with E-state index in [0.717, 1.165) is 10.8 Å². The third-order valence-electron chi connectivity index (χ3n) is 8.94. The minimum atomic E-state index is -9.19. The molecule has 0 aliphatic heterocycles.